The number of hydrogen-bond acceptors (Lipinski definition) is 3. The summed E-state index contributed by atoms with van der Waals surface area (Å²) in [5.74, 6) is -0.299. The molecule has 4 heteroatoms. The van der Waals surface area contributed by atoms with Gasteiger partial charge in [0.15, 0.2) is 0 Å². The van der Waals surface area contributed by atoms with Gasteiger partial charge in [0.1, 0.15) is 0 Å². The first-order valence-corrected chi connectivity index (χ1v) is 4.69. The van der Waals surface area contributed by atoms with Crippen LogP contribution in [-0.4, -0.2) is 13.1 Å². The lowest BCUT2D eigenvalue weighted by Crippen LogP contribution is -2.07. The average Bonchev–Trinajstić information content (AvgIpc) is 2.59. The summed E-state index contributed by atoms with van der Waals surface area (Å²) in [5, 5.41) is 0. The van der Waals surface area contributed by atoms with Crippen LogP contribution in [0.1, 0.15) is 33.9 Å². The number of fused-ring (bicyclic) bond motifs is 1. The number of nitrogens with two attached hydrogens (primary N) is 1. The lowest BCUT2D eigenvalue weighted by atomic mass is 10.0. The van der Waals surface area contributed by atoms with Crippen LogP contribution in [0.15, 0.2) is 18.2 Å². The second-order valence-electron chi connectivity index (χ2n) is 3.55. The topological polar surface area (TPSA) is 52.3 Å². The van der Waals surface area contributed by atoms with Crippen LogP contribution >= 0.6 is 12.4 Å². The molecule has 0 radical (unpaired) electrons. The van der Waals surface area contributed by atoms with E-state index in [0.717, 1.165) is 18.4 Å². The number of hydrogen-bond donors (Lipinski definition) is 1. The minimum Gasteiger partial charge on any atom is -0.465 e. The van der Waals surface area contributed by atoms with Gasteiger partial charge in [0.2, 0.25) is 0 Å². The number of carbonyl (C=O) groups is 1. The summed E-state index contributed by atoms with van der Waals surface area (Å²) in [6.45, 7) is 0. The van der Waals surface area contributed by atoms with Crippen molar-refractivity contribution in [1.82, 2.24) is 0 Å². The van der Waals surface area contributed by atoms with Crippen molar-refractivity contribution in [2.75, 3.05) is 7.11 Å². The van der Waals surface area contributed by atoms with E-state index in [1.54, 1.807) is 6.07 Å². The van der Waals surface area contributed by atoms with Gasteiger partial charge in [0.25, 0.3) is 0 Å². The smallest absolute Gasteiger partial charge is 0.337 e. The van der Waals surface area contributed by atoms with E-state index in [4.69, 9.17) is 5.73 Å². The van der Waals surface area contributed by atoms with Crippen molar-refractivity contribution in [3.05, 3.63) is 34.9 Å². The zero-order chi connectivity index (χ0) is 10.1. The van der Waals surface area contributed by atoms with Crippen molar-refractivity contribution < 1.29 is 9.53 Å². The van der Waals surface area contributed by atoms with Gasteiger partial charge in [-0.05, 0) is 36.1 Å². The number of methoxy groups -OCH3 is 1. The highest BCUT2D eigenvalue weighted by molar-refractivity contribution is 5.89. The maximum absolute atomic E-state index is 11.3. The van der Waals surface area contributed by atoms with Gasteiger partial charge in [-0.3, -0.25) is 0 Å². The fourth-order valence-electron chi connectivity index (χ4n) is 1.88. The number of aryl methyl sites for hydroxylation is 1. The second-order valence-corrected chi connectivity index (χ2v) is 3.55. The van der Waals surface area contributed by atoms with Crippen LogP contribution in [0.25, 0.3) is 0 Å². The third kappa shape index (κ3) is 2.13. The SMILES string of the molecule is COC(=O)c1ccc2c(c1)[C@@H](N)CC2.Cl. The molecule has 0 fully saturated rings. The molecule has 0 amide bonds. The highest BCUT2D eigenvalue weighted by Crippen LogP contribution is 2.29. The zero-order valence-corrected chi connectivity index (χ0v) is 9.34. The molecular formula is C11H14ClNO2. The second kappa shape index (κ2) is 4.64. The lowest BCUT2D eigenvalue weighted by Gasteiger charge is -2.06. The van der Waals surface area contributed by atoms with Crippen molar-refractivity contribution in [3.8, 4) is 0 Å². The van der Waals surface area contributed by atoms with Crippen LogP contribution in [0, 0.1) is 0 Å². The van der Waals surface area contributed by atoms with Crippen molar-refractivity contribution >= 4 is 18.4 Å². The normalized spacial score (nSPS) is 17.9. The van der Waals surface area contributed by atoms with Gasteiger partial charge in [-0.2, -0.15) is 0 Å². The highest BCUT2D eigenvalue weighted by Gasteiger charge is 2.20. The molecular weight excluding hydrogens is 214 g/mol. The third-order valence-electron chi connectivity index (χ3n) is 2.69. The van der Waals surface area contributed by atoms with Crippen molar-refractivity contribution in [2.24, 2.45) is 5.73 Å². The van der Waals surface area contributed by atoms with Crippen LogP contribution in [-0.2, 0) is 11.2 Å². The summed E-state index contributed by atoms with van der Waals surface area (Å²) in [4.78, 5) is 11.3. The van der Waals surface area contributed by atoms with E-state index in [1.807, 2.05) is 12.1 Å². The molecule has 0 aliphatic heterocycles. The Hall–Kier alpha value is -1.06. The zero-order valence-electron chi connectivity index (χ0n) is 8.53. The van der Waals surface area contributed by atoms with Crippen molar-refractivity contribution in [2.45, 2.75) is 18.9 Å². The Morgan fingerprint density at radius 3 is 2.93 bits per heavy atom. The molecule has 1 aromatic rings. The molecule has 1 aliphatic carbocycles. The number of esters is 1. The van der Waals surface area contributed by atoms with Gasteiger partial charge >= 0.3 is 5.97 Å². The van der Waals surface area contributed by atoms with Gasteiger partial charge in [0, 0.05) is 6.04 Å². The van der Waals surface area contributed by atoms with E-state index < -0.39 is 0 Å². The molecule has 1 aliphatic rings. The van der Waals surface area contributed by atoms with Crippen molar-refractivity contribution in [1.29, 1.82) is 0 Å². The molecule has 1 aromatic carbocycles. The molecule has 15 heavy (non-hydrogen) atoms. The molecule has 3 nitrogen and oxygen atoms in total. The van der Waals surface area contributed by atoms with E-state index in [9.17, 15) is 4.79 Å². The molecule has 1 atom stereocenters. The molecule has 0 unspecified atom stereocenters. The Balaban J connectivity index is 0.00000112. The quantitative estimate of drug-likeness (QED) is 0.745. The summed E-state index contributed by atoms with van der Waals surface area (Å²) in [6.07, 6.45) is 1.98. The van der Waals surface area contributed by atoms with Crippen LogP contribution in [0.3, 0.4) is 0 Å². The number of carbonyl (C=O) groups excluding carboxylic acids is 1. The molecule has 0 spiro atoms. The Morgan fingerprint density at radius 1 is 1.53 bits per heavy atom. The molecule has 2 rings (SSSR count). The first-order valence-electron chi connectivity index (χ1n) is 4.69. The number of rotatable bonds is 1. The maximum Gasteiger partial charge on any atom is 0.337 e. The molecule has 0 heterocycles. The minimum atomic E-state index is -0.299. The van der Waals surface area contributed by atoms with E-state index in [1.165, 1.54) is 12.7 Å². The lowest BCUT2D eigenvalue weighted by molar-refractivity contribution is 0.0600. The summed E-state index contributed by atoms with van der Waals surface area (Å²) < 4.78 is 4.65. The fraction of sp³-hybridized carbons (Fsp3) is 0.364. The Kier molecular flexibility index (Phi) is 3.72. The van der Waals surface area contributed by atoms with E-state index >= 15 is 0 Å². The van der Waals surface area contributed by atoms with Crippen LogP contribution < -0.4 is 5.73 Å². The third-order valence-corrected chi connectivity index (χ3v) is 2.69. The van der Waals surface area contributed by atoms with Gasteiger partial charge in [-0.25, -0.2) is 4.79 Å². The molecule has 0 aromatic heterocycles. The van der Waals surface area contributed by atoms with Crippen molar-refractivity contribution in [3.63, 3.8) is 0 Å². The number of benzene rings is 1. The molecule has 0 bridgehead atoms. The Morgan fingerprint density at radius 2 is 2.27 bits per heavy atom. The Labute approximate surface area is 95.0 Å². The standard InChI is InChI=1S/C11H13NO2.ClH/c1-14-11(13)8-3-2-7-4-5-10(12)9(7)6-8;/h2-3,6,10H,4-5,12H2,1H3;1H/t10-;/m0./s1. The van der Waals surface area contributed by atoms with E-state index in [0.29, 0.717) is 5.56 Å². The summed E-state index contributed by atoms with van der Waals surface area (Å²) >= 11 is 0. The van der Waals surface area contributed by atoms with Crippen LogP contribution in [0.5, 0.6) is 0 Å². The van der Waals surface area contributed by atoms with Gasteiger partial charge in [-0.1, -0.05) is 6.07 Å². The van der Waals surface area contributed by atoms with Gasteiger partial charge < -0.3 is 10.5 Å². The van der Waals surface area contributed by atoms with Crippen LogP contribution in [0.4, 0.5) is 0 Å². The van der Waals surface area contributed by atoms with E-state index in [-0.39, 0.29) is 24.4 Å². The Bertz CT molecular complexity index is 379. The average molecular weight is 228 g/mol. The first kappa shape index (κ1) is 12.0. The number of ether oxygens (including phenoxy) is 1. The van der Waals surface area contributed by atoms with Crippen LogP contribution in [0.2, 0.25) is 0 Å². The molecule has 2 N–H and O–H groups in total. The monoisotopic (exact) mass is 227 g/mol. The highest BCUT2D eigenvalue weighted by atomic mass is 35.5. The van der Waals surface area contributed by atoms with Gasteiger partial charge in [0.05, 0.1) is 12.7 Å². The van der Waals surface area contributed by atoms with Gasteiger partial charge in [-0.15, -0.1) is 12.4 Å². The predicted octanol–water partition coefficient (Wildman–Crippen LogP) is 1.84. The maximum atomic E-state index is 11.3. The predicted molar refractivity (Wildman–Crippen MR) is 60.3 cm³/mol. The summed E-state index contributed by atoms with van der Waals surface area (Å²) in [5.41, 5.74) is 8.84. The fourth-order valence-corrected chi connectivity index (χ4v) is 1.88. The first-order chi connectivity index (χ1) is 6.72. The minimum absolute atomic E-state index is 0. The summed E-state index contributed by atoms with van der Waals surface area (Å²) in [6, 6.07) is 5.69. The molecule has 0 saturated carbocycles. The molecule has 82 valence electrons. The number of halogens is 1. The molecule has 0 saturated heterocycles. The largest absolute Gasteiger partial charge is 0.465 e. The summed E-state index contributed by atoms with van der Waals surface area (Å²) in [7, 11) is 1.38. The van der Waals surface area contributed by atoms with E-state index in [2.05, 4.69) is 4.74 Å².